The highest BCUT2D eigenvalue weighted by molar-refractivity contribution is 7.17. The summed E-state index contributed by atoms with van der Waals surface area (Å²) in [5.41, 5.74) is 2.60. The van der Waals surface area contributed by atoms with Gasteiger partial charge in [0.2, 0.25) is 0 Å². The number of fused-ring (bicyclic) bond motifs is 2. The minimum Gasteiger partial charge on any atom is -0.508 e. The third-order valence-corrected chi connectivity index (χ3v) is 4.45. The Morgan fingerprint density at radius 3 is 3.00 bits per heavy atom. The maximum absolute atomic E-state index is 11.4. The lowest BCUT2D eigenvalue weighted by molar-refractivity contribution is -0.118. The van der Waals surface area contributed by atoms with Crippen LogP contribution in [0.2, 0.25) is 0 Å². The molecule has 1 aliphatic heterocycles. The fourth-order valence-electron chi connectivity index (χ4n) is 2.55. The quantitative estimate of drug-likeness (QED) is 0.721. The van der Waals surface area contributed by atoms with Crippen molar-refractivity contribution in [3.8, 4) is 22.6 Å². The van der Waals surface area contributed by atoms with E-state index in [4.69, 9.17) is 4.74 Å². The first-order chi connectivity index (χ1) is 10.2. The van der Waals surface area contributed by atoms with Crippen molar-refractivity contribution >= 4 is 33.0 Å². The van der Waals surface area contributed by atoms with Crippen LogP contribution in [0, 0.1) is 0 Å². The lowest BCUT2D eigenvalue weighted by atomic mass is 10.0. The van der Waals surface area contributed by atoms with Crippen molar-refractivity contribution in [2.75, 3.05) is 11.9 Å². The Balaban J connectivity index is 1.95. The standard InChI is InChI=1S/C16H11NO3S/c18-9-4-5-14-11(6-9)12(8-21-14)10-2-1-3-13-16(10)20-7-15(19)17-13/h1-6,8,18H,7H2,(H,17,19). The van der Waals surface area contributed by atoms with Crippen molar-refractivity contribution in [2.24, 2.45) is 0 Å². The number of carbonyl (C=O) groups is 1. The average Bonchev–Trinajstić information content (AvgIpc) is 2.89. The summed E-state index contributed by atoms with van der Waals surface area (Å²) in [6.45, 7) is 0.0251. The first-order valence-corrected chi connectivity index (χ1v) is 7.36. The van der Waals surface area contributed by atoms with Crippen molar-refractivity contribution in [3.05, 3.63) is 41.8 Å². The largest absolute Gasteiger partial charge is 0.508 e. The summed E-state index contributed by atoms with van der Waals surface area (Å²) in [6.07, 6.45) is 0. The molecule has 0 aliphatic carbocycles. The number of rotatable bonds is 1. The number of phenolic OH excluding ortho intramolecular Hbond substituents is 1. The normalized spacial score (nSPS) is 13.6. The van der Waals surface area contributed by atoms with E-state index in [1.807, 2.05) is 29.6 Å². The molecule has 1 aliphatic rings. The van der Waals surface area contributed by atoms with E-state index in [1.165, 1.54) is 0 Å². The number of carbonyl (C=O) groups excluding carboxylic acids is 1. The second kappa shape index (κ2) is 4.49. The number of amides is 1. The number of anilines is 1. The van der Waals surface area contributed by atoms with Crippen LogP contribution in [0.4, 0.5) is 5.69 Å². The van der Waals surface area contributed by atoms with Crippen LogP contribution in [-0.2, 0) is 4.79 Å². The Morgan fingerprint density at radius 2 is 2.10 bits per heavy atom. The zero-order chi connectivity index (χ0) is 14.4. The number of ether oxygens (including phenoxy) is 1. The number of benzene rings is 2. The van der Waals surface area contributed by atoms with Gasteiger partial charge in [-0.2, -0.15) is 0 Å². The van der Waals surface area contributed by atoms with Crippen molar-refractivity contribution in [1.82, 2.24) is 0 Å². The molecule has 104 valence electrons. The first-order valence-electron chi connectivity index (χ1n) is 6.48. The molecule has 0 fully saturated rings. The second-order valence-corrected chi connectivity index (χ2v) is 5.76. The van der Waals surface area contributed by atoms with Crippen molar-refractivity contribution < 1.29 is 14.6 Å². The number of aromatic hydroxyl groups is 1. The molecule has 2 aromatic carbocycles. The van der Waals surface area contributed by atoms with E-state index < -0.39 is 0 Å². The summed E-state index contributed by atoms with van der Waals surface area (Å²) in [6, 6.07) is 11.0. The first kappa shape index (κ1) is 12.2. The number of nitrogens with one attached hydrogen (secondary N) is 1. The van der Waals surface area contributed by atoms with Crippen LogP contribution in [0.5, 0.6) is 11.5 Å². The Morgan fingerprint density at radius 1 is 1.19 bits per heavy atom. The fraction of sp³-hybridized carbons (Fsp3) is 0.0625. The summed E-state index contributed by atoms with van der Waals surface area (Å²) < 4.78 is 6.70. The van der Waals surface area contributed by atoms with E-state index in [1.54, 1.807) is 23.5 Å². The number of para-hydroxylation sites is 1. The molecule has 4 nitrogen and oxygen atoms in total. The van der Waals surface area contributed by atoms with Crippen LogP contribution in [0.3, 0.4) is 0 Å². The summed E-state index contributed by atoms with van der Waals surface area (Å²) in [4.78, 5) is 11.4. The van der Waals surface area contributed by atoms with E-state index in [0.29, 0.717) is 11.4 Å². The molecule has 21 heavy (non-hydrogen) atoms. The molecule has 0 radical (unpaired) electrons. The molecule has 0 spiro atoms. The maximum Gasteiger partial charge on any atom is 0.262 e. The van der Waals surface area contributed by atoms with Gasteiger partial charge in [-0.25, -0.2) is 0 Å². The highest BCUT2D eigenvalue weighted by atomic mass is 32.1. The highest BCUT2D eigenvalue weighted by Crippen LogP contribution is 2.43. The summed E-state index contributed by atoms with van der Waals surface area (Å²) in [5.74, 6) is 0.772. The van der Waals surface area contributed by atoms with Gasteiger partial charge in [-0.05, 0) is 29.6 Å². The summed E-state index contributed by atoms with van der Waals surface area (Å²) >= 11 is 1.61. The number of phenols is 1. The van der Waals surface area contributed by atoms with Crippen molar-refractivity contribution in [2.45, 2.75) is 0 Å². The van der Waals surface area contributed by atoms with E-state index in [-0.39, 0.29) is 18.3 Å². The summed E-state index contributed by atoms with van der Waals surface area (Å²) in [5, 5.41) is 15.5. The number of hydrogen-bond donors (Lipinski definition) is 2. The van der Waals surface area contributed by atoms with Gasteiger partial charge in [-0.15, -0.1) is 11.3 Å². The maximum atomic E-state index is 11.4. The molecule has 3 aromatic rings. The van der Waals surface area contributed by atoms with E-state index in [0.717, 1.165) is 21.2 Å². The Bertz CT molecular complexity index is 869. The average molecular weight is 297 g/mol. The molecule has 5 heteroatoms. The zero-order valence-electron chi connectivity index (χ0n) is 10.9. The Labute approximate surface area is 124 Å². The zero-order valence-corrected chi connectivity index (χ0v) is 11.7. The molecular weight excluding hydrogens is 286 g/mol. The van der Waals surface area contributed by atoms with Gasteiger partial charge >= 0.3 is 0 Å². The summed E-state index contributed by atoms with van der Waals surface area (Å²) in [7, 11) is 0. The van der Waals surface area contributed by atoms with Gasteiger partial charge < -0.3 is 15.2 Å². The van der Waals surface area contributed by atoms with Crippen molar-refractivity contribution in [3.63, 3.8) is 0 Å². The molecule has 4 rings (SSSR count). The predicted octanol–water partition coefficient (Wildman–Crippen LogP) is 3.60. The van der Waals surface area contributed by atoms with E-state index in [9.17, 15) is 9.90 Å². The predicted molar refractivity (Wildman–Crippen MR) is 83.1 cm³/mol. The molecule has 0 bridgehead atoms. The SMILES string of the molecule is O=C1COc2c(cccc2-c2csc3ccc(O)cc23)N1. The topological polar surface area (TPSA) is 58.6 Å². The lowest BCUT2D eigenvalue weighted by Crippen LogP contribution is -2.25. The van der Waals surface area contributed by atoms with Gasteiger partial charge in [0, 0.05) is 21.2 Å². The van der Waals surface area contributed by atoms with Crippen LogP contribution in [-0.4, -0.2) is 17.6 Å². The minimum atomic E-state index is -0.146. The molecule has 2 N–H and O–H groups in total. The Hall–Kier alpha value is -2.53. The Kier molecular flexibility index (Phi) is 2.62. The molecule has 0 atom stereocenters. The third-order valence-electron chi connectivity index (χ3n) is 3.48. The monoisotopic (exact) mass is 297 g/mol. The fourth-order valence-corrected chi connectivity index (χ4v) is 3.49. The molecular formula is C16H11NO3S. The van der Waals surface area contributed by atoms with Crippen LogP contribution in [0.15, 0.2) is 41.8 Å². The molecule has 2 heterocycles. The van der Waals surface area contributed by atoms with Crippen LogP contribution < -0.4 is 10.1 Å². The molecule has 0 saturated carbocycles. The lowest BCUT2D eigenvalue weighted by Gasteiger charge is -2.20. The van der Waals surface area contributed by atoms with Crippen molar-refractivity contribution in [1.29, 1.82) is 0 Å². The van der Waals surface area contributed by atoms with E-state index >= 15 is 0 Å². The van der Waals surface area contributed by atoms with Gasteiger partial charge in [-0.3, -0.25) is 4.79 Å². The third kappa shape index (κ3) is 1.94. The van der Waals surface area contributed by atoms with E-state index in [2.05, 4.69) is 5.32 Å². The smallest absolute Gasteiger partial charge is 0.262 e. The van der Waals surface area contributed by atoms with Gasteiger partial charge in [-0.1, -0.05) is 12.1 Å². The van der Waals surface area contributed by atoms with Crippen LogP contribution in [0.25, 0.3) is 21.2 Å². The molecule has 1 amide bonds. The van der Waals surface area contributed by atoms with Crippen LogP contribution in [0.1, 0.15) is 0 Å². The number of thiophene rings is 1. The van der Waals surface area contributed by atoms with Gasteiger partial charge in [0.1, 0.15) is 5.75 Å². The van der Waals surface area contributed by atoms with Gasteiger partial charge in [0.25, 0.3) is 5.91 Å². The number of hydrogen-bond acceptors (Lipinski definition) is 4. The molecule has 0 unspecified atom stereocenters. The molecule has 1 aromatic heterocycles. The van der Waals surface area contributed by atoms with Crippen LogP contribution >= 0.6 is 11.3 Å². The highest BCUT2D eigenvalue weighted by Gasteiger charge is 2.21. The minimum absolute atomic E-state index is 0.0251. The second-order valence-electron chi connectivity index (χ2n) is 4.85. The van der Waals surface area contributed by atoms with Gasteiger partial charge in [0.15, 0.2) is 12.4 Å². The van der Waals surface area contributed by atoms with Gasteiger partial charge in [0.05, 0.1) is 5.69 Å². The molecule has 0 saturated heterocycles.